The molecule has 145 valence electrons. The fraction of sp³-hybridized carbons (Fsp3) is 0.368. The molecule has 0 amide bonds. The molecule has 0 aliphatic carbocycles. The molecule has 27 heavy (non-hydrogen) atoms. The molecule has 1 saturated heterocycles. The summed E-state index contributed by atoms with van der Waals surface area (Å²) in [5.74, 6) is -0.284. The second kappa shape index (κ2) is 8.68. The van der Waals surface area contributed by atoms with E-state index in [-0.39, 0.29) is 11.9 Å². The van der Waals surface area contributed by atoms with Crippen molar-refractivity contribution in [1.82, 2.24) is 4.31 Å². The fourth-order valence-corrected chi connectivity index (χ4v) is 5.04. The third-order valence-electron chi connectivity index (χ3n) is 4.52. The van der Waals surface area contributed by atoms with Crippen molar-refractivity contribution >= 4 is 26.0 Å². The Morgan fingerprint density at radius 2 is 1.81 bits per heavy atom. The molecule has 2 aromatic carbocycles. The lowest BCUT2D eigenvalue weighted by Crippen LogP contribution is -2.43. The van der Waals surface area contributed by atoms with Gasteiger partial charge >= 0.3 is 0 Å². The van der Waals surface area contributed by atoms with E-state index < -0.39 is 21.9 Å². The predicted octanol–water partition coefficient (Wildman–Crippen LogP) is 3.93. The highest BCUT2D eigenvalue weighted by atomic mass is 79.9. The van der Waals surface area contributed by atoms with Crippen LogP contribution in [0.5, 0.6) is 5.75 Å². The van der Waals surface area contributed by atoms with Crippen LogP contribution in [0.25, 0.3) is 0 Å². The Morgan fingerprint density at radius 3 is 2.44 bits per heavy atom. The summed E-state index contributed by atoms with van der Waals surface area (Å²) in [6, 6.07) is 12.7. The standard InChI is InChI=1S/C19H20BrFNO4S/c20-17-12-15(21)6-7-19(17)26-16-8-10-22(11-9-16)27(24,25)13-18(23)14-4-2-1-3-5-14/h1-7,12,16,18H,8-11,13H2. The summed E-state index contributed by atoms with van der Waals surface area (Å²) in [5, 5.41) is 12.3. The van der Waals surface area contributed by atoms with Gasteiger partial charge in [0.1, 0.15) is 23.8 Å². The van der Waals surface area contributed by atoms with Gasteiger partial charge < -0.3 is 4.74 Å². The van der Waals surface area contributed by atoms with Gasteiger partial charge in [-0.2, -0.15) is 0 Å². The number of rotatable bonds is 6. The minimum absolute atomic E-state index is 0.157. The highest BCUT2D eigenvalue weighted by Gasteiger charge is 2.31. The minimum Gasteiger partial charge on any atom is -0.489 e. The van der Waals surface area contributed by atoms with Crippen molar-refractivity contribution < 1.29 is 22.7 Å². The van der Waals surface area contributed by atoms with Gasteiger partial charge in [-0.3, -0.25) is 0 Å². The zero-order chi connectivity index (χ0) is 19.4. The van der Waals surface area contributed by atoms with Crippen molar-refractivity contribution in [3.8, 4) is 5.75 Å². The number of benzene rings is 2. The maximum atomic E-state index is 13.2. The summed E-state index contributed by atoms with van der Waals surface area (Å²) in [6.07, 6.45) is -0.439. The van der Waals surface area contributed by atoms with Crippen LogP contribution in [0.3, 0.4) is 0 Å². The first-order chi connectivity index (χ1) is 12.8. The van der Waals surface area contributed by atoms with Crippen molar-refractivity contribution in [3.05, 3.63) is 64.4 Å². The first-order valence-electron chi connectivity index (χ1n) is 8.65. The van der Waals surface area contributed by atoms with Crippen molar-refractivity contribution in [3.63, 3.8) is 0 Å². The lowest BCUT2D eigenvalue weighted by Gasteiger charge is -2.32. The highest BCUT2D eigenvalue weighted by Crippen LogP contribution is 2.29. The predicted molar refractivity (Wildman–Crippen MR) is 103 cm³/mol. The van der Waals surface area contributed by atoms with Gasteiger partial charge in [0.15, 0.2) is 0 Å². The second-order valence-electron chi connectivity index (χ2n) is 6.47. The number of ether oxygens (including phenoxy) is 1. The van der Waals surface area contributed by atoms with Gasteiger partial charge in [0.2, 0.25) is 10.0 Å². The SMILES string of the molecule is [O]C(CS(=O)(=O)N1CCC(Oc2ccc(F)cc2Br)CC1)c1ccccc1. The Balaban J connectivity index is 1.56. The van der Waals surface area contributed by atoms with Gasteiger partial charge in [0.05, 0.1) is 10.2 Å². The van der Waals surface area contributed by atoms with E-state index in [0.29, 0.717) is 41.7 Å². The van der Waals surface area contributed by atoms with E-state index in [0.717, 1.165) is 0 Å². The number of halogens is 2. The topological polar surface area (TPSA) is 66.5 Å². The molecule has 0 saturated carbocycles. The highest BCUT2D eigenvalue weighted by molar-refractivity contribution is 9.10. The maximum Gasteiger partial charge on any atom is 0.217 e. The summed E-state index contributed by atoms with van der Waals surface area (Å²) in [7, 11) is -3.63. The van der Waals surface area contributed by atoms with Crippen LogP contribution >= 0.6 is 15.9 Å². The molecule has 1 aliphatic rings. The summed E-state index contributed by atoms with van der Waals surface area (Å²) >= 11 is 3.26. The van der Waals surface area contributed by atoms with E-state index in [1.807, 2.05) is 0 Å². The summed E-state index contributed by atoms with van der Waals surface area (Å²) in [4.78, 5) is 0. The van der Waals surface area contributed by atoms with Crippen LogP contribution in [-0.4, -0.2) is 37.7 Å². The Hall–Kier alpha value is -1.48. The number of hydrogen-bond donors (Lipinski definition) is 0. The maximum absolute atomic E-state index is 13.2. The van der Waals surface area contributed by atoms with E-state index in [4.69, 9.17) is 4.74 Å². The van der Waals surface area contributed by atoms with Gasteiger partial charge in [0, 0.05) is 13.1 Å². The van der Waals surface area contributed by atoms with Crippen LogP contribution in [0.2, 0.25) is 0 Å². The Bertz CT molecular complexity index is 871. The van der Waals surface area contributed by atoms with Gasteiger partial charge in [-0.1, -0.05) is 30.3 Å². The Kier molecular flexibility index (Phi) is 6.52. The zero-order valence-corrected chi connectivity index (χ0v) is 17.0. The first kappa shape index (κ1) is 20.3. The third kappa shape index (κ3) is 5.28. The van der Waals surface area contributed by atoms with E-state index >= 15 is 0 Å². The van der Waals surface area contributed by atoms with Crippen LogP contribution in [-0.2, 0) is 15.1 Å². The molecule has 5 nitrogen and oxygen atoms in total. The second-order valence-corrected chi connectivity index (χ2v) is 9.34. The average molecular weight is 457 g/mol. The van der Waals surface area contributed by atoms with Crippen LogP contribution in [0, 0.1) is 5.82 Å². The first-order valence-corrected chi connectivity index (χ1v) is 11.1. The third-order valence-corrected chi connectivity index (χ3v) is 7.01. The molecular formula is C19H20BrFNO4S. The van der Waals surface area contributed by atoms with E-state index in [1.165, 1.54) is 16.4 Å². The largest absolute Gasteiger partial charge is 0.489 e. The molecule has 1 heterocycles. The van der Waals surface area contributed by atoms with E-state index in [9.17, 15) is 17.9 Å². The molecule has 1 aliphatic heterocycles. The summed E-state index contributed by atoms with van der Waals surface area (Å²) < 4.78 is 46.0. The fourth-order valence-electron chi connectivity index (χ4n) is 3.04. The van der Waals surface area contributed by atoms with Gasteiger partial charge in [-0.05, 0) is 52.5 Å². The normalized spacial score (nSPS) is 17.6. The van der Waals surface area contributed by atoms with E-state index in [1.54, 1.807) is 36.4 Å². The van der Waals surface area contributed by atoms with Gasteiger partial charge in [-0.15, -0.1) is 0 Å². The number of sulfonamides is 1. The average Bonchev–Trinajstić information content (AvgIpc) is 2.65. The Labute approximate surface area is 166 Å². The Morgan fingerprint density at radius 1 is 1.15 bits per heavy atom. The molecule has 1 atom stereocenters. The lowest BCUT2D eigenvalue weighted by atomic mass is 10.1. The number of piperidine rings is 1. The van der Waals surface area contributed by atoms with Crippen LogP contribution in [0.15, 0.2) is 53.0 Å². The smallest absolute Gasteiger partial charge is 0.217 e. The molecule has 1 fully saturated rings. The zero-order valence-electron chi connectivity index (χ0n) is 14.6. The quantitative estimate of drug-likeness (QED) is 0.660. The lowest BCUT2D eigenvalue weighted by molar-refractivity contribution is 0.105. The van der Waals surface area contributed by atoms with Crippen molar-refractivity contribution in [2.45, 2.75) is 25.0 Å². The van der Waals surface area contributed by atoms with Crippen LogP contribution in [0.4, 0.5) is 4.39 Å². The van der Waals surface area contributed by atoms with Crippen LogP contribution in [0.1, 0.15) is 24.5 Å². The molecule has 0 spiro atoms. The summed E-state index contributed by atoms with van der Waals surface area (Å²) in [5.41, 5.74) is 0.473. The molecule has 8 heteroatoms. The minimum atomic E-state index is -3.63. The molecule has 0 aromatic heterocycles. The van der Waals surface area contributed by atoms with E-state index in [2.05, 4.69) is 15.9 Å². The molecule has 1 radical (unpaired) electrons. The molecule has 0 bridgehead atoms. The molecule has 0 N–H and O–H groups in total. The monoisotopic (exact) mass is 456 g/mol. The summed E-state index contributed by atoms with van der Waals surface area (Å²) in [6.45, 7) is 0.598. The van der Waals surface area contributed by atoms with Crippen LogP contribution < -0.4 is 4.74 Å². The van der Waals surface area contributed by atoms with Gasteiger partial charge in [0.25, 0.3) is 0 Å². The van der Waals surface area contributed by atoms with Crippen molar-refractivity contribution in [1.29, 1.82) is 0 Å². The molecule has 1 unspecified atom stereocenters. The van der Waals surface area contributed by atoms with Crippen molar-refractivity contribution in [2.24, 2.45) is 0 Å². The number of hydrogen-bond acceptors (Lipinski definition) is 3. The molecule has 2 aromatic rings. The van der Waals surface area contributed by atoms with Gasteiger partial charge in [-0.25, -0.2) is 22.2 Å². The molecule has 3 rings (SSSR count). The van der Waals surface area contributed by atoms with Crippen molar-refractivity contribution in [2.75, 3.05) is 18.8 Å². The number of nitrogens with zero attached hydrogens (tertiary/aromatic N) is 1. The molecular weight excluding hydrogens is 437 g/mol.